The first kappa shape index (κ1) is 18.1. The molecular formula is C21H23N5O3. The van der Waals surface area contributed by atoms with Gasteiger partial charge >= 0.3 is 0 Å². The van der Waals surface area contributed by atoms with Crippen molar-refractivity contribution in [1.82, 2.24) is 19.2 Å². The summed E-state index contributed by atoms with van der Waals surface area (Å²) in [5.74, 6) is 0.605. The van der Waals surface area contributed by atoms with Crippen LogP contribution in [0, 0.1) is 0 Å². The molecule has 2 aliphatic rings. The first-order valence-electron chi connectivity index (χ1n) is 10.1. The van der Waals surface area contributed by atoms with E-state index in [4.69, 9.17) is 4.74 Å². The highest BCUT2D eigenvalue weighted by atomic mass is 16.5. The Labute approximate surface area is 167 Å². The van der Waals surface area contributed by atoms with Crippen LogP contribution in [0.5, 0.6) is 0 Å². The third kappa shape index (κ3) is 3.55. The van der Waals surface area contributed by atoms with E-state index in [1.165, 1.54) is 10.5 Å². The van der Waals surface area contributed by atoms with Gasteiger partial charge in [0.1, 0.15) is 11.5 Å². The van der Waals surface area contributed by atoms with E-state index in [0.29, 0.717) is 24.7 Å². The summed E-state index contributed by atoms with van der Waals surface area (Å²) in [6.45, 7) is 1.14. The lowest BCUT2D eigenvalue weighted by atomic mass is 9.91. The molecule has 0 unspecified atom stereocenters. The summed E-state index contributed by atoms with van der Waals surface area (Å²) in [6.07, 6.45) is 6.01. The molecule has 4 heterocycles. The molecule has 8 nitrogen and oxygen atoms in total. The number of pyridine rings is 1. The van der Waals surface area contributed by atoms with Crippen LogP contribution in [0.25, 0.3) is 5.65 Å². The molecule has 1 saturated carbocycles. The molecule has 1 aliphatic heterocycles. The minimum Gasteiger partial charge on any atom is -0.376 e. The molecule has 0 aromatic carbocycles. The second-order valence-corrected chi connectivity index (χ2v) is 7.76. The van der Waals surface area contributed by atoms with Gasteiger partial charge in [0.25, 0.3) is 11.1 Å². The number of aromatic nitrogens is 4. The van der Waals surface area contributed by atoms with Crippen molar-refractivity contribution in [2.45, 2.75) is 50.8 Å². The van der Waals surface area contributed by atoms with Crippen LogP contribution < -0.4 is 16.4 Å². The molecule has 1 N–H and O–H groups in total. The maximum Gasteiger partial charge on any atom is 0.267 e. The summed E-state index contributed by atoms with van der Waals surface area (Å²) in [7, 11) is 0. The highest BCUT2D eigenvalue weighted by Crippen LogP contribution is 2.29. The Hall–Kier alpha value is -3.00. The predicted octanol–water partition coefficient (Wildman–Crippen LogP) is 1.92. The molecule has 1 fully saturated rings. The quantitative estimate of drug-likeness (QED) is 0.731. The Morgan fingerprint density at radius 2 is 1.93 bits per heavy atom. The van der Waals surface area contributed by atoms with Crippen LogP contribution in [0.2, 0.25) is 0 Å². The van der Waals surface area contributed by atoms with Crippen molar-refractivity contribution in [2.24, 2.45) is 0 Å². The van der Waals surface area contributed by atoms with E-state index in [-0.39, 0.29) is 23.2 Å². The summed E-state index contributed by atoms with van der Waals surface area (Å²) in [5.41, 5.74) is 2.39. The van der Waals surface area contributed by atoms with E-state index in [0.717, 1.165) is 43.4 Å². The van der Waals surface area contributed by atoms with Gasteiger partial charge in [-0.2, -0.15) is 5.10 Å². The summed E-state index contributed by atoms with van der Waals surface area (Å²) in [5, 5.41) is 8.04. The first-order valence-corrected chi connectivity index (χ1v) is 10.1. The lowest BCUT2D eigenvalue weighted by Gasteiger charge is -2.30. The third-order valence-corrected chi connectivity index (χ3v) is 5.83. The molecule has 0 amide bonds. The Morgan fingerprint density at radius 3 is 2.79 bits per heavy atom. The average Bonchev–Trinajstić information content (AvgIpc) is 2.74. The van der Waals surface area contributed by atoms with Gasteiger partial charge in [0.05, 0.1) is 24.9 Å². The highest BCUT2D eigenvalue weighted by molar-refractivity contribution is 5.46. The molecule has 0 radical (unpaired) electrons. The van der Waals surface area contributed by atoms with E-state index in [9.17, 15) is 9.59 Å². The van der Waals surface area contributed by atoms with E-state index >= 15 is 0 Å². The summed E-state index contributed by atoms with van der Waals surface area (Å²) < 4.78 is 8.61. The minimum atomic E-state index is -0.0967. The highest BCUT2D eigenvalue weighted by Gasteiger charge is 2.25. The Morgan fingerprint density at radius 1 is 1.07 bits per heavy atom. The van der Waals surface area contributed by atoms with Crippen molar-refractivity contribution in [3.8, 4) is 0 Å². The number of hydrogen-bond acceptors (Lipinski definition) is 6. The smallest absolute Gasteiger partial charge is 0.267 e. The molecule has 1 aliphatic carbocycles. The normalized spacial score (nSPS) is 21.7. The van der Waals surface area contributed by atoms with Crippen LogP contribution in [-0.2, 0) is 17.8 Å². The minimum absolute atomic E-state index is 0.0464. The van der Waals surface area contributed by atoms with Crippen LogP contribution in [-0.4, -0.2) is 31.8 Å². The van der Waals surface area contributed by atoms with Crippen molar-refractivity contribution in [3.63, 3.8) is 0 Å². The number of anilines is 1. The maximum absolute atomic E-state index is 12.5. The zero-order valence-electron chi connectivity index (χ0n) is 16.1. The van der Waals surface area contributed by atoms with Crippen molar-refractivity contribution in [2.75, 3.05) is 11.9 Å². The molecule has 0 bridgehead atoms. The van der Waals surface area contributed by atoms with Crippen molar-refractivity contribution in [1.29, 1.82) is 0 Å². The number of rotatable bonds is 3. The average molecular weight is 393 g/mol. The fraction of sp³-hybridized carbons (Fsp3) is 0.429. The molecule has 150 valence electrons. The largest absolute Gasteiger partial charge is 0.376 e. The summed E-state index contributed by atoms with van der Waals surface area (Å²) in [6, 6.07) is 9.06. The Balaban J connectivity index is 1.29. The van der Waals surface area contributed by atoms with Crippen LogP contribution >= 0.6 is 0 Å². The molecular weight excluding hydrogens is 370 g/mol. The first-order chi connectivity index (χ1) is 14.2. The molecule has 8 heteroatoms. The third-order valence-electron chi connectivity index (χ3n) is 5.83. The van der Waals surface area contributed by atoms with Gasteiger partial charge < -0.3 is 10.1 Å². The van der Waals surface area contributed by atoms with Crippen molar-refractivity contribution in [3.05, 3.63) is 68.5 Å². The van der Waals surface area contributed by atoms with E-state index in [1.807, 2.05) is 18.2 Å². The van der Waals surface area contributed by atoms with Crippen LogP contribution in [0.15, 0.2) is 46.1 Å². The fourth-order valence-corrected chi connectivity index (χ4v) is 4.29. The second kappa shape index (κ2) is 7.44. The van der Waals surface area contributed by atoms with Crippen LogP contribution in [0.4, 0.5) is 5.82 Å². The summed E-state index contributed by atoms with van der Waals surface area (Å²) in [4.78, 5) is 29.3. The fourth-order valence-electron chi connectivity index (χ4n) is 4.29. The summed E-state index contributed by atoms with van der Waals surface area (Å²) >= 11 is 0. The van der Waals surface area contributed by atoms with Crippen LogP contribution in [0.1, 0.15) is 43.0 Å². The molecule has 5 rings (SSSR count). The van der Waals surface area contributed by atoms with Gasteiger partial charge in [0.15, 0.2) is 0 Å². The Kier molecular flexibility index (Phi) is 4.63. The van der Waals surface area contributed by atoms with E-state index in [1.54, 1.807) is 16.9 Å². The number of nitrogens with zero attached hydrogens (tertiary/aromatic N) is 4. The zero-order valence-corrected chi connectivity index (χ0v) is 16.1. The molecule has 3 aromatic rings. The second-order valence-electron chi connectivity index (χ2n) is 7.76. The standard InChI is InChI=1S/C21H23N5O3/c27-20-12-18(23-19-3-1-2-9-25(19)20)22-15-4-6-16(7-5-15)26-21(28)11-14-13-29-10-8-17(14)24-26/h1-3,9,11-12,15-16,22H,4-8,10,13H2. The van der Waals surface area contributed by atoms with Gasteiger partial charge in [0.2, 0.25) is 0 Å². The topological polar surface area (TPSA) is 90.5 Å². The zero-order chi connectivity index (χ0) is 19.8. The lowest BCUT2D eigenvalue weighted by molar-refractivity contribution is 0.107. The molecule has 3 aromatic heterocycles. The van der Waals surface area contributed by atoms with E-state index < -0.39 is 0 Å². The number of fused-ring (bicyclic) bond motifs is 2. The van der Waals surface area contributed by atoms with Crippen molar-refractivity contribution >= 4 is 11.5 Å². The number of ether oxygens (including phenoxy) is 1. The lowest BCUT2D eigenvalue weighted by Crippen LogP contribution is -2.35. The number of hydrogen-bond donors (Lipinski definition) is 1. The molecule has 0 atom stereocenters. The van der Waals surface area contributed by atoms with Gasteiger partial charge in [-0.1, -0.05) is 6.07 Å². The molecule has 0 spiro atoms. The SMILES string of the molecule is O=c1cc2c(nn1C1CCC(Nc3cc(=O)n4ccccc4n3)CC1)CCOC2. The van der Waals surface area contributed by atoms with Gasteiger partial charge in [-0.3, -0.25) is 14.0 Å². The Bertz CT molecular complexity index is 1160. The van der Waals surface area contributed by atoms with Gasteiger partial charge in [0, 0.05) is 36.4 Å². The monoisotopic (exact) mass is 393 g/mol. The van der Waals surface area contributed by atoms with Gasteiger partial charge in [-0.15, -0.1) is 0 Å². The van der Waals surface area contributed by atoms with Crippen LogP contribution in [0.3, 0.4) is 0 Å². The molecule has 29 heavy (non-hydrogen) atoms. The predicted molar refractivity (Wildman–Crippen MR) is 108 cm³/mol. The number of nitrogens with one attached hydrogen (secondary N) is 1. The van der Waals surface area contributed by atoms with Gasteiger partial charge in [-0.25, -0.2) is 9.67 Å². The maximum atomic E-state index is 12.5. The molecule has 0 saturated heterocycles. The van der Waals surface area contributed by atoms with Gasteiger partial charge in [-0.05, 0) is 37.8 Å². The van der Waals surface area contributed by atoms with Crippen molar-refractivity contribution < 1.29 is 4.74 Å². The van der Waals surface area contributed by atoms with E-state index in [2.05, 4.69) is 15.4 Å².